The van der Waals surface area contributed by atoms with Crippen LogP contribution in [0.1, 0.15) is 18.9 Å². The molecule has 0 atom stereocenters. The lowest BCUT2D eigenvalue weighted by Crippen LogP contribution is -2.23. The zero-order valence-corrected chi connectivity index (χ0v) is 12.8. The number of imidazole rings is 1. The number of hydrogen-bond donors (Lipinski definition) is 0. The third-order valence-electron chi connectivity index (χ3n) is 3.77. The molecular formula is C19H20N2O. The molecule has 3 rings (SSSR count). The molecule has 0 fully saturated rings. The molecule has 0 unspecified atom stereocenters. The van der Waals surface area contributed by atoms with Gasteiger partial charge < -0.3 is 0 Å². The molecule has 0 radical (unpaired) electrons. The van der Waals surface area contributed by atoms with Crippen molar-refractivity contribution in [1.82, 2.24) is 9.13 Å². The summed E-state index contributed by atoms with van der Waals surface area (Å²) in [6.07, 6.45) is 5.05. The molecule has 0 N–H and O–H groups in total. The number of fused-ring (bicyclic) bond motifs is 1. The number of rotatable bonds is 5. The molecule has 112 valence electrons. The Hall–Kier alpha value is -2.55. The van der Waals surface area contributed by atoms with Gasteiger partial charge in [-0.05, 0) is 24.1 Å². The molecule has 2 aromatic carbocycles. The Labute approximate surface area is 130 Å². The van der Waals surface area contributed by atoms with Crippen LogP contribution in [0.3, 0.4) is 0 Å². The van der Waals surface area contributed by atoms with Crippen LogP contribution >= 0.6 is 0 Å². The van der Waals surface area contributed by atoms with Gasteiger partial charge in [0.05, 0.1) is 11.0 Å². The van der Waals surface area contributed by atoms with Crippen molar-refractivity contribution in [2.24, 2.45) is 0 Å². The number of allylic oxidation sites excluding steroid dienone is 1. The number of para-hydroxylation sites is 2. The van der Waals surface area contributed by atoms with Gasteiger partial charge in [-0.3, -0.25) is 9.13 Å². The largest absolute Gasteiger partial charge is 0.329 e. The van der Waals surface area contributed by atoms with Gasteiger partial charge in [0.15, 0.2) is 0 Å². The van der Waals surface area contributed by atoms with E-state index in [1.54, 1.807) is 0 Å². The molecule has 0 spiro atoms. The van der Waals surface area contributed by atoms with Crippen molar-refractivity contribution in [3.8, 4) is 0 Å². The number of hydrogen-bond acceptors (Lipinski definition) is 1. The molecule has 3 nitrogen and oxygen atoms in total. The molecule has 0 aliphatic rings. The molecule has 1 aromatic heterocycles. The van der Waals surface area contributed by atoms with Crippen LogP contribution < -0.4 is 5.69 Å². The predicted molar refractivity (Wildman–Crippen MR) is 92.0 cm³/mol. The van der Waals surface area contributed by atoms with E-state index in [0.29, 0.717) is 6.54 Å². The van der Waals surface area contributed by atoms with Crippen molar-refractivity contribution in [3.63, 3.8) is 0 Å². The minimum absolute atomic E-state index is 0.0701. The summed E-state index contributed by atoms with van der Waals surface area (Å²) in [5.41, 5.74) is 3.23. The Morgan fingerprint density at radius 1 is 0.909 bits per heavy atom. The normalized spacial score (nSPS) is 11.5. The smallest absolute Gasteiger partial charge is 0.292 e. The fraction of sp³-hybridized carbons (Fsp3) is 0.211. The Morgan fingerprint density at radius 2 is 1.55 bits per heavy atom. The standard InChI is InChI=1S/C19H20N2O/c1-2-14-20-17-12-6-7-13-18(17)21(19(20)22)15-8-11-16-9-4-3-5-10-16/h3-13H,2,14-15H2,1H3/b11-8-. The van der Waals surface area contributed by atoms with Crippen molar-refractivity contribution in [2.45, 2.75) is 26.4 Å². The molecular weight excluding hydrogens is 272 g/mol. The van der Waals surface area contributed by atoms with Gasteiger partial charge in [-0.25, -0.2) is 4.79 Å². The van der Waals surface area contributed by atoms with Crippen molar-refractivity contribution in [2.75, 3.05) is 0 Å². The Morgan fingerprint density at radius 3 is 2.23 bits per heavy atom. The highest BCUT2D eigenvalue weighted by molar-refractivity contribution is 5.76. The lowest BCUT2D eigenvalue weighted by Gasteiger charge is -1.98. The van der Waals surface area contributed by atoms with Gasteiger partial charge in [0.2, 0.25) is 0 Å². The number of nitrogens with zero attached hydrogens (tertiary/aromatic N) is 2. The van der Waals surface area contributed by atoms with E-state index >= 15 is 0 Å². The average Bonchev–Trinajstić information content (AvgIpc) is 2.82. The third kappa shape index (κ3) is 2.75. The quantitative estimate of drug-likeness (QED) is 0.700. The summed E-state index contributed by atoms with van der Waals surface area (Å²) in [6.45, 7) is 3.44. The Bertz CT molecular complexity index is 841. The Kier molecular flexibility index (Phi) is 4.24. The fourth-order valence-electron chi connectivity index (χ4n) is 2.75. The lowest BCUT2D eigenvalue weighted by molar-refractivity contribution is 0.642. The van der Waals surface area contributed by atoms with E-state index in [1.165, 1.54) is 0 Å². The number of aromatic nitrogens is 2. The predicted octanol–water partition coefficient (Wildman–Crippen LogP) is 3.93. The van der Waals surface area contributed by atoms with Crippen LogP contribution in [-0.4, -0.2) is 9.13 Å². The van der Waals surface area contributed by atoms with Gasteiger partial charge in [-0.1, -0.05) is 61.5 Å². The first-order valence-electron chi connectivity index (χ1n) is 7.71. The van der Waals surface area contributed by atoms with E-state index in [4.69, 9.17) is 0 Å². The molecule has 3 aromatic rings. The van der Waals surface area contributed by atoms with Crippen molar-refractivity contribution < 1.29 is 0 Å². The SMILES string of the molecule is CCCn1c(=O)n(C/C=C\c2ccccc2)c2ccccc21. The minimum atomic E-state index is 0.0701. The molecule has 0 amide bonds. The van der Waals surface area contributed by atoms with Crippen molar-refractivity contribution in [1.29, 1.82) is 0 Å². The number of aryl methyl sites for hydroxylation is 1. The molecule has 0 aliphatic heterocycles. The summed E-state index contributed by atoms with van der Waals surface area (Å²) in [5.74, 6) is 0. The monoisotopic (exact) mass is 292 g/mol. The van der Waals surface area contributed by atoms with Crippen molar-refractivity contribution >= 4 is 17.1 Å². The van der Waals surface area contributed by atoms with Gasteiger partial charge in [0.25, 0.3) is 0 Å². The summed E-state index contributed by atoms with van der Waals surface area (Å²) >= 11 is 0. The zero-order chi connectivity index (χ0) is 15.4. The summed E-state index contributed by atoms with van der Waals surface area (Å²) < 4.78 is 3.70. The topological polar surface area (TPSA) is 26.9 Å². The highest BCUT2D eigenvalue weighted by Crippen LogP contribution is 2.13. The molecule has 1 heterocycles. The average molecular weight is 292 g/mol. The second-order valence-corrected chi connectivity index (χ2v) is 5.35. The maximum absolute atomic E-state index is 12.6. The minimum Gasteiger partial charge on any atom is -0.292 e. The lowest BCUT2D eigenvalue weighted by atomic mass is 10.2. The first-order chi connectivity index (χ1) is 10.8. The van der Waals surface area contributed by atoms with E-state index in [9.17, 15) is 4.79 Å². The van der Waals surface area contributed by atoms with Crippen LogP contribution in [0.4, 0.5) is 0 Å². The summed E-state index contributed by atoms with van der Waals surface area (Å²) in [5, 5.41) is 0. The second-order valence-electron chi connectivity index (χ2n) is 5.35. The fourth-order valence-corrected chi connectivity index (χ4v) is 2.75. The highest BCUT2D eigenvalue weighted by atomic mass is 16.1. The van der Waals surface area contributed by atoms with Crippen molar-refractivity contribution in [3.05, 3.63) is 76.7 Å². The van der Waals surface area contributed by atoms with Crippen LogP contribution in [0.2, 0.25) is 0 Å². The van der Waals surface area contributed by atoms with E-state index < -0.39 is 0 Å². The first-order valence-corrected chi connectivity index (χ1v) is 7.71. The van der Waals surface area contributed by atoms with Gasteiger partial charge >= 0.3 is 5.69 Å². The Balaban J connectivity index is 1.95. The van der Waals surface area contributed by atoms with Crippen LogP contribution in [0.5, 0.6) is 0 Å². The molecule has 0 bridgehead atoms. The van der Waals surface area contributed by atoms with Crippen LogP contribution in [0.25, 0.3) is 17.1 Å². The highest BCUT2D eigenvalue weighted by Gasteiger charge is 2.10. The van der Waals surface area contributed by atoms with Gasteiger partial charge in [-0.15, -0.1) is 0 Å². The zero-order valence-electron chi connectivity index (χ0n) is 12.8. The van der Waals surface area contributed by atoms with Gasteiger partial charge in [0.1, 0.15) is 0 Å². The molecule has 22 heavy (non-hydrogen) atoms. The number of benzene rings is 2. The summed E-state index contributed by atoms with van der Waals surface area (Å²) in [4.78, 5) is 12.6. The van der Waals surface area contributed by atoms with E-state index in [-0.39, 0.29) is 5.69 Å². The molecule has 3 heteroatoms. The maximum atomic E-state index is 12.6. The van der Waals surface area contributed by atoms with Gasteiger partial charge in [0, 0.05) is 13.1 Å². The van der Waals surface area contributed by atoms with E-state index in [2.05, 4.69) is 25.1 Å². The van der Waals surface area contributed by atoms with Crippen LogP contribution in [0.15, 0.2) is 65.5 Å². The second kappa shape index (κ2) is 6.48. The molecule has 0 aliphatic carbocycles. The molecule has 0 saturated carbocycles. The third-order valence-corrected chi connectivity index (χ3v) is 3.77. The van der Waals surface area contributed by atoms with Gasteiger partial charge in [-0.2, -0.15) is 0 Å². The molecule has 0 saturated heterocycles. The van der Waals surface area contributed by atoms with E-state index in [1.807, 2.05) is 57.7 Å². The summed E-state index contributed by atoms with van der Waals surface area (Å²) in [6, 6.07) is 18.1. The van der Waals surface area contributed by atoms with E-state index in [0.717, 1.165) is 29.6 Å². The van der Waals surface area contributed by atoms with Crippen LogP contribution in [0, 0.1) is 0 Å². The maximum Gasteiger partial charge on any atom is 0.329 e. The van der Waals surface area contributed by atoms with Crippen LogP contribution in [-0.2, 0) is 13.1 Å². The first kappa shape index (κ1) is 14.4. The summed E-state index contributed by atoms with van der Waals surface area (Å²) in [7, 11) is 0.